The normalized spacial score (nSPS) is 9.75. The van der Waals surface area contributed by atoms with E-state index in [1.54, 1.807) is 7.11 Å². The van der Waals surface area contributed by atoms with Gasteiger partial charge in [0.05, 0.1) is 19.6 Å². The molecule has 0 unspecified atom stereocenters. The molecule has 0 amide bonds. The van der Waals surface area contributed by atoms with Gasteiger partial charge < -0.3 is 4.74 Å². The molecule has 0 aliphatic rings. The minimum absolute atomic E-state index is 0.313. The van der Waals surface area contributed by atoms with Crippen molar-refractivity contribution in [3.05, 3.63) is 29.3 Å². The largest absolute Gasteiger partial charge is 0.497 e. The van der Waals surface area contributed by atoms with Crippen molar-refractivity contribution in [2.75, 3.05) is 7.11 Å². The Bertz CT molecular complexity index is 513. The van der Waals surface area contributed by atoms with Gasteiger partial charge in [-0.3, -0.25) is 0 Å². The maximum Gasteiger partial charge on any atom is 0.147 e. The molecule has 0 N–H and O–H groups in total. The summed E-state index contributed by atoms with van der Waals surface area (Å²) >= 11 is 1.44. The molecule has 2 rings (SSSR count). The van der Waals surface area contributed by atoms with Gasteiger partial charge in [0, 0.05) is 5.56 Å². The smallest absolute Gasteiger partial charge is 0.147 e. The fourth-order valence-corrected chi connectivity index (χ4v) is 2.02. The molecule has 1 aromatic carbocycles. The van der Waals surface area contributed by atoms with Gasteiger partial charge in [-0.1, -0.05) is 11.3 Å². The monoisotopic (exact) mass is 231 g/mol. The molecule has 0 spiro atoms. The highest BCUT2D eigenvalue weighted by atomic mass is 32.1. The van der Waals surface area contributed by atoms with Crippen molar-refractivity contribution in [3.8, 4) is 22.4 Å². The summed E-state index contributed by atoms with van der Waals surface area (Å²) in [4.78, 5) is 0. The summed E-state index contributed by atoms with van der Waals surface area (Å²) in [6, 6.07) is 9.66. The van der Waals surface area contributed by atoms with Crippen molar-refractivity contribution in [3.63, 3.8) is 0 Å². The highest BCUT2D eigenvalue weighted by molar-refractivity contribution is 7.14. The van der Waals surface area contributed by atoms with Gasteiger partial charge in [-0.05, 0) is 24.3 Å². The first-order chi connectivity index (χ1) is 7.83. The maximum atomic E-state index is 8.54. The average molecular weight is 231 g/mol. The summed E-state index contributed by atoms with van der Waals surface area (Å²) in [5, 5.41) is 18.1. The summed E-state index contributed by atoms with van der Waals surface area (Å²) in [6.45, 7) is 0. The van der Waals surface area contributed by atoms with Gasteiger partial charge >= 0.3 is 0 Å². The zero-order valence-electron chi connectivity index (χ0n) is 8.67. The summed E-state index contributed by atoms with van der Waals surface area (Å²) in [7, 11) is 1.63. The van der Waals surface area contributed by atoms with Crippen molar-refractivity contribution < 1.29 is 4.74 Å². The first-order valence-electron chi connectivity index (χ1n) is 4.67. The molecule has 0 aliphatic heterocycles. The van der Waals surface area contributed by atoms with E-state index in [1.165, 1.54) is 11.3 Å². The van der Waals surface area contributed by atoms with Crippen LogP contribution in [0.15, 0.2) is 24.3 Å². The number of nitriles is 1. The van der Waals surface area contributed by atoms with E-state index >= 15 is 0 Å². The van der Waals surface area contributed by atoms with Gasteiger partial charge in [0.15, 0.2) is 0 Å². The fraction of sp³-hybridized carbons (Fsp3) is 0.182. The predicted octanol–water partition coefficient (Wildman–Crippen LogP) is 2.28. The molecule has 0 aliphatic carbocycles. The van der Waals surface area contributed by atoms with Crippen LogP contribution in [0.4, 0.5) is 0 Å². The SMILES string of the molecule is COc1ccc(-c2nnc(CC#N)s2)cc1. The van der Waals surface area contributed by atoms with Gasteiger partial charge in [-0.15, -0.1) is 10.2 Å². The molecule has 0 radical (unpaired) electrons. The highest BCUT2D eigenvalue weighted by Crippen LogP contribution is 2.25. The lowest BCUT2D eigenvalue weighted by Gasteiger charge is -1.99. The molecule has 0 fully saturated rings. The van der Waals surface area contributed by atoms with Crippen molar-refractivity contribution in [1.29, 1.82) is 5.26 Å². The van der Waals surface area contributed by atoms with Crippen molar-refractivity contribution in [2.24, 2.45) is 0 Å². The Hall–Kier alpha value is -1.93. The maximum absolute atomic E-state index is 8.54. The van der Waals surface area contributed by atoms with Crippen molar-refractivity contribution in [1.82, 2.24) is 10.2 Å². The van der Waals surface area contributed by atoms with Crippen LogP contribution in [-0.4, -0.2) is 17.3 Å². The van der Waals surface area contributed by atoms with Gasteiger partial charge in [0.1, 0.15) is 15.8 Å². The van der Waals surface area contributed by atoms with Crippen LogP contribution in [-0.2, 0) is 6.42 Å². The van der Waals surface area contributed by atoms with E-state index in [0.29, 0.717) is 6.42 Å². The summed E-state index contributed by atoms with van der Waals surface area (Å²) in [5.41, 5.74) is 0.988. The number of nitrogens with zero attached hydrogens (tertiary/aromatic N) is 3. The number of benzene rings is 1. The minimum Gasteiger partial charge on any atom is -0.497 e. The van der Waals surface area contributed by atoms with Crippen LogP contribution < -0.4 is 4.74 Å². The van der Waals surface area contributed by atoms with Crippen molar-refractivity contribution in [2.45, 2.75) is 6.42 Å². The Morgan fingerprint density at radius 2 is 2.06 bits per heavy atom. The molecule has 1 heterocycles. The van der Waals surface area contributed by atoms with Crippen LogP contribution in [0.1, 0.15) is 5.01 Å². The minimum atomic E-state index is 0.313. The third-order valence-corrected chi connectivity index (χ3v) is 3.01. The van der Waals surface area contributed by atoms with Gasteiger partial charge in [0.25, 0.3) is 0 Å². The second-order valence-corrected chi connectivity index (χ2v) is 4.13. The van der Waals surface area contributed by atoms with Gasteiger partial charge in [-0.2, -0.15) is 5.26 Å². The quantitative estimate of drug-likeness (QED) is 0.813. The number of aromatic nitrogens is 2. The fourth-order valence-electron chi connectivity index (χ4n) is 1.24. The van der Waals surface area contributed by atoms with Crippen LogP contribution >= 0.6 is 11.3 Å². The number of methoxy groups -OCH3 is 1. The van der Waals surface area contributed by atoms with E-state index < -0.39 is 0 Å². The Morgan fingerprint density at radius 3 is 2.69 bits per heavy atom. The standard InChI is InChI=1S/C11H9N3OS/c1-15-9-4-2-8(3-5-9)11-14-13-10(16-11)6-7-12/h2-5H,6H2,1H3. The van der Waals surface area contributed by atoms with Crippen LogP contribution in [0.2, 0.25) is 0 Å². The molecule has 80 valence electrons. The van der Waals surface area contributed by atoms with Gasteiger partial charge in [-0.25, -0.2) is 0 Å². The Balaban J connectivity index is 2.25. The van der Waals surface area contributed by atoms with Crippen LogP contribution in [0, 0.1) is 11.3 Å². The summed E-state index contributed by atoms with van der Waals surface area (Å²) in [5.74, 6) is 0.811. The number of rotatable bonds is 3. The third kappa shape index (κ3) is 2.18. The summed E-state index contributed by atoms with van der Waals surface area (Å²) < 4.78 is 5.07. The van der Waals surface area contributed by atoms with E-state index in [9.17, 15) is 0 Å². The molecule has 0 bridgehead atoms. The Morgan fingerprint density at radius 1 is 1.31 bits per heavy atom. The van der Waals surface area contributed by atoms with Gasteiger partial charge in [0.2, 0.25) is 0 Å². The highest BCUT2D eigenvalue weighted by Gasteiger charge is 2.06. The lowest BCUT2D eigenvalue weighted by atomic mass is 10.2. The number of hydrogen-bond acceptors (Lipinski definition) is 5. The molecule has 0 saturated heterocycles. The molecular formula is C11H9N3OS. The molecule has 5 heteroatoms. The molecule has 0 saturated carbocycles. The van der Waals surface area contributed by atoms with E-state index in [2.05, 4.69) is 16.3 Å². The average Bonchev–Trinajstić information content (AvgIpc) is 2.78. The van der Waals surface area contributed by atoms with Crippen LogP contribution in [0.25, 0.3) is 10.6 Å². The number of hydrogen-bond donors (Lipinski definition) is 0. The van der Waals surface area contributed by atoms with E-state index in [-0.39, 0.29) is 0 Å². The zero-order chi connectivity index (χ0) is 11.4. The van der Waals surface area contributed by atoms with E-state index in [1.807, 2.05) is 24.3 Å². The van der Waals surface area contributed by atoms with Crippen LogP contribution in [0.3, 0.4) is 0 Å². The van der Waals surface area contributed by atoms with Crippen LogP contribution in [0.5, 0.6) is 5.75 Å². The molecule has 2 aromatic rings. The predicted molar refractivity (Wildman–Crippen MR) is 61.2 cm³/mol. The molecule has 0 atom stereocenters. The first-order valence-corrected chi connectivity index (χ1v) is 5.49. The Kier molecular flexibility index (Phi) is 3.13. The Labute approximate surface area is 97.1 Å². The molecule has 4 nitrogen and oxygen atoms in total. The lowest BCUT2D eigenvalue weighted by molar-refractivity contribution is 0.415. The van der Waals surface area contributed by atoms with E-state index in [0.717, 1.165) is 21.3 Å². The molecule has 16 heavy (non-hydrogen) atoms. The van der Waals surface area contributed by atoms with Crippen molar-refractivity contribution >= 4 is 11.3 Å². The molecular weight excluding hydrogens is 222 g/mol. The second-order valence-electron chi connectivity index (χ2n) is 3.06. The summed E-state index contributed by atoms with van der Waals surface area (Å²) in [6.07, 6.45) is 0.313. The zero-order valence-corrected chi connectivity index (χ0v) is 9.49. The number of ether oxygens (including phenoxy) is 1. The second kappa shape index (κ2) is 4.73. The molecule has 1 aromatic heterocycles. The topological polar surface area (TPSA) is 58.8 Å². The lowest BCUT2D eigenvalue weighted by Crippen LogP contribution is -1.82. The third-order valence-electron chi connectivity index (χ3n) is 2.03. The first kappa shape index (κ1) is 10.6. The van der Waals surface area contributed by atoms with E-state index in [4.69, 9.17) is 10.00 Å².